The number of aryl methyl sites for hydroxylation is 2. The molecule has 1 N–H and O–H groups in total. The summed E-state index contributed by atoms with van der Waals surface area (Å²) < 4.78 is 10.2. The minimum Gasteiger partial charge on any atom is -0.463 e. The molecule has 106 valence electrons. The Labute approximate surface area is 118 Å². The molecular formula is C16H19NO3. The number of carbonyl (C=O) groups is 1. The molecule has 1 aromatic carbocycles. The predicted molar refractivity (Wildman–Crippen MR) is 76.9 cm³/mol. The minimum absolute atomic E-state index is 0.0901. The highest BCUT2D eigenvalue weighted by Crippen LogP contribution is 2.25. The van der Waals surface area contributed by atoms with Crippen molar-refractivity contribution in [3.05, 3.63) is 58.5 Å². The number of rotatable bonds is 4. The van der Waals surface area contributed by atoms with Gasteiger partial charge in [0, 0.05) is 0 Å². The topological polar surface area (TPSA) is 51.5 Å². The fourth-order valence-electron chi connectivity index (χ4n) is 2.14. The van der Waals surface area contributed by atoms with Crippen molar-refractivity contribution in [2.45, 2.75) is 19.9 Å². The summed E-state index contributed by atoms with van der Waals surface area (Å²) in [6.45, 7) is 4.16. The minimum atomic E-state index is -0.466. The number of hydrogen-bond donors (Lipinski definition) is 1. The molecule has 0 spiro atoms. The molecule has 2 rings (SSSR count). The normalized spacial score (nSPS) is 12.2. The highest BCUT2D eigenvalue weighted by Gasteiger charge is 2.19. The highest BCUT2D eigenvalue weighted by atomic mass is 16.5. The summed E-state index contributed by atoms with van der Waals surface area (Å²) >= 11 is 0. The largest absolute Gasteiger partial charge is 0.463 e. The van der Waals surface area contributed by atoms with E-state index in [2.05, 4.69) is 42.1 Å². The SMILES string of the molecule is CNC(c1ccc(C)c(C)c1)c1ccc(C(=O)OC)o1. The molecule has 0 aliphatic rings. The van der Waals surface area contributed by atoms with Crippen LogP contribution in [0.3, 0.4) is 0 Å². The first-order chi connectivity index (χ1) is 9.56. The van der Waals surface area contributed by atoms with E-state index >= 15 is 0 Å². The summed E-state index contributed by atoms with van der Waals surface area (Å²) in [6, 6.07) is 9.60. The number of furan rings is 1. The zero-order chi connectivity index (χ0) is 14.7. The van der Waals surface area contributed by atoms with E-state index < -0.39 is 5.97 Å². The van der Waals surface area contributed by atoms with Crippen molar-refractivity contribution in [2.75, 3.05) is 14.2 Å². The molecule has 0 amide bonds. The van der Waals surface area contributed by atoms with Crippen LogP contribution in [0.25, 0.3) is 0 Å². The Morgan fingerprint density at radius 3 is 2.55 bits per heavy atom. The van der Waals surface area contributed by atoms with Gasteiger partial charge < -0.3 is 14.5 Å². The molecule has 0 aliphatic heterocycles. The first kappa shape index (κ1) is 14.3. The van der Waals surface area contributed by atoms with Gasteiger partial charge in [0.15, 0.2) is 0 Å². The lowest BCUT2D eigenvalue weighted by Crippen LogP contribution is -2.17. The summed E-state index contributed by atoms with van der Waals surface area (Å²) in [5.74, 6) is 0.439. The first-order valence-electron chi connectivity index (χ1n) is 6.49. The fraction of sp³-hybridized carbons (Fsp3) is 0.312. The maximum absolute atomic E-state index is 11.4. The van der Waals surface area contributed by atoms with E-state index in [-0.39, 0.29) is 11.8 Å². The highest BCUT2D eigenvalue weighted by molar-refractivity contribution is 5.86. The van der Waals surface area contributed by atoms with Gasteiger partial charge in [0.1, 0.15) is 5.76 Å². The molecule has 20 heavy (non-hydrogen) atoms. The monoisotopic (exact) mass is 273 g/mol. The second-order valence-electron chi connectivity index (χ2n) is 4.76. The third kappa shape index (κ3) is 2.75. The van der Waals surface area contributed by atoms with Crippen LogP contribution < -0.4 is 5.32 Å². The van der Waals surface area contributed by atoms with E-state index in [1.54, 1.807) is 12.1 Å². The summed E-state index contributed by atoms with van der Waals surface area (Å²) in [5, 5.41) is 3.21. The van der Waals surface area contributed by atoms with E-state index in [9.17, 15) is 4.79 Å². The number of methoxy groups -OCH3 is 1. The van der Waals surface area contributed by atoms with Crippen LogP contribution in [0.4, 0.5) is 0 Å². The molecule has 4 heteroatoms. The van der Waals surface area contributed by atoms with Crippen LogP contribution in [-0.4, -0.2) is 20.1 Å². The van der Waals surface area contributed by atoms with Crippen molar-refractivity contribution >= 4 is 5.97 Å². The lowest BCUT2D eigenvalue weighted by Gasteiger charge is -2.15. The average molecular weight is 273 g/mol. The Morgan fingerprint density at radius 1 is 1.20 bits per heavy atom. The van der Waals surface area contributed by atoms with Crippen LogP contribution in [0.2, 0.25) is 0 Å². The van der Waals surface area contributed by atoms with Gasteiger partial charge in [-0.25, -0.2) is 4.79 Å². The molecule has 4 nitrogen and oxygen atoms in total. The molecule has 0 saturated carbocycles. The number of esters is 1. The number of carbonyl (C=O) groups excluding carboxylic acids is 1. The van der Waals surface area contributed by atoms with Crippen molar-refractivity contribution < 1.29 is 13.9 Å². The van der Waals surface area contributed by atoms with Gasteiger partial charge in [-0.3, -0.25) is 0 Å². The molecule has 2 aromatic rings. The predicted octanol–water partition coefficient (Wildman–Crippen LogP) is 2.99. The molecular weight excluding hydrogens is 254 g/mol. The zero-order valence-electron chi connectivity index (χ0n) is 12.2. The summed E-state index contributed by atoms with van der Waals surface area (Å²) in [4.78, 5) is 11.4. The Hall–Kier alpha value is -2.07. The maximum Gasteiger partial charge on any atom is 0.373 e. The average Bonchev–Trinajstić information content (AvgIpc) is 2.92. The van der Waals surface area contributed by atoms with Crippen LogP contribution in [0.1, 0.15) is 39.0 Å². The van der Waals surface area contributed by atoms with Gasteiger partial charge in [-0.2, -0.15) is 0 Å². The summed E-state index contributed by atoms with van der Waals surface area (Å²) in [7, 11) is 3.20. The van der Waals surface area contributed by atoms with Gasteiger partial charge >= 0.3 is 5.97 Å². The second-order valence-corrected chi connectivity index (χ2v) is 4.76. The van der Waals surface area contributed by atoms with Crippen LogP contribution in [-0.2, 0) is 4.74 Å². The van der Waals surface area contributed by atoms with Crippen molar-refractivity contribution in [1.29, 1.82) is 0 Å². The van der Waals surface area contributed by atoms with Crippen molar-refractivity contribution in [1.82, 2.24) is 5.32 Å². The third-order valence-electron chi connectivity index (χ3n) is 3.45. The quantitative estimate of drug-likeness (QED) is 0.870. The molecule has 0 saturated heterocycles. The smallest absolute Gasteiger partial charge is 0.373 e. The molecule has 1 heterocycles. The standard InChI is InChI=1S/C16H19NO3/c1-10-5-6-12(9-11(10)2)15(17-3)13-7-8-14(20-13)16(18)19-4/h5-9,15,17H,1-4H3. The van der Waals surface area contributed by atoms with E-state index in [4.69, 9.17) is 4.42 Å². The zero-order valence-corrected chi connectivity index (χ0v) is 12.2. The van der Waals surface area contributed by atoms with Crippen LogP contribution in [0, 0.1) is 13.8 Å². The van der Waals surface area contributed by atoms with E-state index in [0.29, 0.717) is 5.76 Å². The number of ether oxygens (including phenoxy) is 1. The second kappa shape index (κ2) is 5.92. The van der Waals surface area contributed by atoms with E-state index in [1.165, 1.54) is 18.2 Å². The lowest BCUT2D eigenvalue weighted by atomic mass is 10.00. The fourth-order valence-corrected chi connectivity index (χ4v) is 2.14. The Bertz CT molecular complexity index is 616. The van der Waals surface area contributed by atoms with Crippen molar-refractivity contribution in [3.8, 4) is 0 Å². The summed E-state index contributed by atoms with van der Waals surface area (Å²) in [6.07, 6.45) is 0. The van der Waals surface area contributed by atoms with Gasteiger partial charge in [-0.05, 0) is 49.7 Å². The molecule has 1 aromatic heterocycles. The molecule has 0 radical (unpaired) electrons. The van der Waals surface area contributed by atoms with Crippen molar-refractivity contribution in [2.24, 2.45) is 0 Å². The van der Waals surface area contributed by atoms with Gasteiger partial charge in [-0.15, -0.1) is 0 Å². The third-order valence-corrected chi connectivity index (χ3v) is 3.45. The lowest BCUT2D eigenvalue weighted by molar-refractivity contribution is 0.0562. The molecule has 0 fully saturated rings. The van der Waals surface area contributed by atoms with Gasteiger partial charge in [0.05, 0.1) is 13.2 Å². The maximum atomic E-state index is 11.4. The van der Waals surface area contributed by atoms with E-state index in [1.807, 2.05) is 7.05 Å². The Balaban J connectivity index is 2.34. The summed E-state index contributed by atoms with van der Waals surface area (Å²) in [5.41, 5.74) is 3.57. The van der Waals surface area contributed by atoms with Crippen LogP contribution in [0.15, 0.2) is 34.7 Å². The van der Waals surface area contributed by atoms with Crippen LogP contribution in [0.5, 0.6) is 0 Å². The van der Waals surface area contributed by atoms with Crippen molar-refractivity contribution in [3.63, 3.8) is 0 Å². The van der Waals surface area contributed by atoms with Gasteiger partial charge in [0.25, 0.3) is 0 Å². The van der Waals surface area contributed by atoms with E-state index in [0.717, 1.165) is 5.56 Å². The molecule has 1 unspecified atom stereocenters. The molecule has 0 bridgehead atoms. The Morgan fingerprint density at radius 2 is 1.95 bits per heavy atom. The molecule has 1 atom stereocenters. The number of nitrogens with one attached hydrogen (secondary N) is 1. The first-order valence-corrected chi connectivity index (χ1v) is 6.49. The Kier molecular flexibility index (Phi) is 4.25. The number of hydrogen-bond acceptors (Lipinski definition) is 4. The number of benzene rings is 1. The van der Waals surface area contributed by atoms with Crippen LogP contribution >= 0.6 is 0 Å². The molecule has 0 aliphatic carbocycles. The van der Waals surface area contributed by atoms with Gasteiger partial charge in [-0.1, -0.05) is 18.2 Å². The van der Waals surface area contributed by atoms with Gasteiger partial charge in [0.2, 0.25) is 5.76 Å².